The molecule has 1 nitrogen and oxygen atoms in total. The van der Waals surface area contributed by atoms with E-state index in [9.17, 15) is 0 Å². The monoisotopic (exact) mass is 215 g/mol. The number of benzene rings is 1. The van der Waals surface area contributed by atoms with Gasteiger partial charge in [-0.3, -0.25) is 0 Å². The number of aryl methyl sites for hydroxylation is 1. The summed E-state index contributed by atoms with van der Waals surface area (Å²) >= 11 is 0. The van der Waals surface area contributed by atoms with Crippen molar-refractivity contribution in [2.75, 3.05) is 18.5 Å². The summed E-state index contributed by atoms with van der Waals surface area (Å²) in [5.41, 5.74) is 5.09. The Morgan fingerprint density at radius 1 is 1.12 bits per heavy atom. The van der Waals surface area contributed by atoms with Crippen LogP contribution in [0, 0.1) is 6.92 Å². The number of anilines is 1. The smallest absolute Gasteiger partial charge is 0.0432 e. The van der Waals surface area contributed by atoms with Crippen LogP contribution in [0.15, 0.2) is 18.2 Å². The lowest BCUT2D eigenvalue weighted by atomic mass is 9.70. The topological polar surface area (TPSA) is 3.24 Å². The lowest BCUT2D eigenvalue weighted by Crippen LogP contribution is -2.33. The maximum absolute atomic E-state index is 2.48. The lowest BCUT2D eigenvalue weighted by molar-refractivity contribution is 0.312. The fourth-order valence-corrected chi connectivity index (χ4v) is 3.87. The normalized spacial score (nSPS) is 22.5. The first-order valence-electron chi connectivity index (χ1n) is 6.54. The van der Waals surface area contributed by atoms with Gasteiger partial charge in [0.1, 0.15) is 0 Å². The Bertz CT molecular complexity index is 402. The Kier molecular flexibility index (Phi) is 2.24. The van der Waals surface area contributed by atoms with E-state index >= 15 is 0 Å². The third-order valence-corrected chi connectivity index (χ3v) is 4.54. The minimum atomic E-state index is 0.494. The van der Waals surface area contributed by atoms with E-state index in [1.165, 1.54) is 49.9 Å². The van der Waals surface area contributed by atoms with E-state index in [2.05, 4.69) is 37.1 Å². The highest BCUT2D eigenvalue weighted by molar-refractivity contribution is 5.66. The van der Waals surface area contributed by atoms with Crippen molar-refractivity contribution in [2.45, 2.75) is 44.4 Å². The molecule has 0 radical (unpaired) electrons. The first-order chi connectivity index (χ1) is 7.73. The molecule has 1 fully saturated rings. The van der Waals surface area contributed by atoms with Crippen molar-refractivity contribution in [3.63, 3.8) is 0 Å². The van der Waals surface area contributed by atoms with Crippen LogP contribution >= 0.6 is 0 Å². The fourth-order valence-electron chi connectivity index (χ4n) is 3.87. The average Bonchev–Trinajstić information content (AvgIpc) is 2.55. The Hall–Kier alpha value is -0.980. The summed E-state index contributed by atoms with van der Waals surface area (Å²) in [6.07, 6.45) is 7.07. The van der Waals surface area contributed by atoms with Crippen molar-refractivity contribution in [3.8, 4) is 0 Å². The molecule has 86 valence electrons. The van der Waals surface area contributed by atoms with Crippen molar-refractivity contribution < 1.29 is 0 Å². The Morgan fingerprint density at radius 2 is 1.88 bits per heavy atom. The summed E-state index contributed by atoms with van der Waals surface area (Å²) in [6.45, 7) is 3.49. The standard InChI is InChI=1S/C15H21N/c1-12-7-6-8-13-14(12)16(2)11-15(13)9-4-3-5-10-15/h6-8H,3-5,9-11H2,1-2H3. The van der Waals surface area contributed by atoms with Gasteiger partial charge in [-0.1, -0.05) is 37.5 Å². The molecule has 1 heteroatoms. The zero-order chi connectivity index (χ0) is 11.2. The van der Waals surface area contributed by atoms with Gasteiger partial charge >= 0.3 is 0 Å². The van der Waals surface area contributed by atoms with E-state index in [1.54, 1.807) is 5.56 Å². The molecule has 3 rings (SSSR count). The predicted molar refractivity (Wildman–Crippen MR) is 69.2 cm³/mol. The molecule has 1 saturated carbocycles. The molecule has 0 amide bonds. The highest BCUT2D eigenvalue weighted by Crippen LogP contribution is 2.49. The molecule has 0 atom stereocenters. The van der Waals surface area contributed by atoms with Crippen LogP contribution in [0.25, 0.3) is 0 Å². The largest absolute Gasteiger partial charge is 0.373 e. The minimum absolute atomic E-state index is 0.494. The molecule has 1 aromatic carbocycles. The van der Waals surface area contributed by atoms with Gasteiger partial charge in [-0.15, -0.1) is 0 Å². The predicted octanol–water partition coefficient (Wildman–Crippen LogP) is 3.65. The number of nitrogens with zero attached hydrogens (tertiary/aromatic N) is 1. The molecule has 0 bridgehead atoms. The van der Waals surface area contributed by atoms with Gasteiger partial charge < -0.3 is 4.90 Å². The van der Waals surface area contributed by atoms with Gasteiger partial charge in [0, 0.05) is 24.7 Å². The molecule has 1 aromatic rings. The zero-order valence-corrected chi connectivity index (χ0v) is 10.4. The van der Waals surface area contributed by atoms with E-state index in [4.69, 9.17) is 0 Å². The highest BCUT2D eigenvalue weighted by Gasteiger charge is 2.42. The Morgan fingerprint density at radius 3 is 2.62 bits per heavy atom. The van der Waals surface area contributed by atoms with E-state index < -0.39 is 0 Å². The second-order valence-electron chi connectivity index (χ2n) is 5.67. The van der Waals surface area contributed by atoms with Gasteiger partial charge in [0.25, 0.3) is 0 Å². The molecular weight excluding hydrogens is 194 g/mol. The van der Waals surface area contributed by atoms with Gasteiger partial charge in [0.15, 0.2) is 0 Å². The Labute approximate surface area is 98.5 Å². The van der Waals surface area contributed by atoms with Crippen molar-refractivity contribution in [3.05, 3.63) is 29.3 Å². The minimum Gasteiger partial charge on any atom is -0.373 e. The highest BCUT2D eigenvalue weighted by atomic mass is 15.1. The molecule has 2 aliphatic rings. The van der Waals surface area contributed by atoms with Crippen LogP contribution in [0.5, 0.6) is 0 Å². The molecule has 16 heavy (non-hydrogen) atoms. The quantitative estimate of drug-likeness (QED) is 0.638. The summed E-state index contributed by atoms with van der Waals surface area (Å²) in [4.78, 5) is 2.48. The summed E-state index contributed by atoms with van der Waals surface area (Å²) in [5, 5.41) is 0. The van der Waals surface area contributed by atoms with Gasteiger partial charge in [0.05, 0.1) is 0 Å². The number of rotatable bonds is 0. The second kappa shape index (κ2) is 3.51. The summed E-state index contributed by atoms with van der Waals surface area (Å²) < 4.78 is 0. The van der Waals surface area contributed by atoms with Crippen LogP contribution in [-0.4, -0.2) is 13.6 Å². The SMILES string of the molecule is Cc1cccc2c1N(C)CC21CCCCC1. The number of fused-ring (bicyclic) bond motifs is 2. The third-order valence-electron chi connectivity index (χ3n) is 4.54. The first kappa shape index (κ1) is 10.2. The van der Waals surface area contributed by atoms with Gasteiger partial charge in [-0.05, 0) is 30.9 Å². The van der Waals surface area contributed by atoms with Crippen molar-refractivity contribution in [2.24, 2.45) is 0 Å². The van der Waals surface area contributed by atoms with Crippen molar-refractivity contribution in [1.82, 2.24) is 0 Å². The summed E-state index contributed by atoms with van der Waals surface area (Å²) in [7, 11) is 2.26. The number of hydrogen-bond acceptors (Lipinski definition) is 1. The summed E-state index contributed by atoms with van der Waals surface area (Å²) in [5.74, 6) is 0. The zero-order valence-electron chi connectivity index (χ0n) is 10.4. The van der Waals surface area contributed by atoms with Crippen LogP contribution in [0.1, 0.15) is 43.2 Å². The molecule has 0 N–H and O–H groups in total. The van der Waals surface area contributed by atoms with Gasteiger partial charge in [-0.25, -0.2) is 0 Å². The van der Waals surface area contributed by atoms with Crippen LogP contribution in [0.2, 0.25) is 0 Å². The molecule has 0 saturated heterocycles. The maximum atomic E-state index is 2.48. The van der Waals surface area contributed by atoms with E-state index in [-0.39, 0.29) is 0 Å². The van der Waals surface area contributed by atoms with E-state index in [0.29, 0.717) is 5.41 Å². The number of para-hydroxylation sites is 1. The Balaban J connectivity index is 2.11. The molecule has 1 aliphatic carbocycles. The molecule has 0 aromatic heterocycles. The van der Waals surface area contributed by atoms with Crippen LogP contribution in [0.4, 0.5) is 5.69 Å². The molecule has 1 spiro atoms. The van der Waals surface area contributed by atoms with E-state index in [1.807, 2.05) is 0 Å². The van der Waals surface area contributed by atoms with E-state index in [0.717, 1.165) is 0 Å². The summed E-state index contributed by atoms with van der Waals surface area (Å²) in [6, 6.07) is 6.86. The maximum Gasteiger partial charge on any atom is 0.0432 e. The van der Waals surface area contributed by atoms with Gasteiger partial charge in [0.2, 0.25) is 0 Å². The molecule has 0 unspecified atom stereocenters. The first-order valence-corrected chi connectivity index (χ1v) is 6.54. The molecule has 1 aliphatic heterocycles. The molecular formula is C15H21N. The average molecular weight is 215 g/mol. The lowest BCUT2D eigenvalue weighted by Gasteiger charge is -2.34. The third kappa shape index (κ3) is 1.30. The van der Waals surface area contributed by atoms with Crippen LogP contribution in [0.3, 0.4) is 0 Å². The van der Waals surface area contributed by atoms with Crippen LogP contribution < -0.4 is 4.90 Å². The van der Waals surface area contributed by atoms with Crippen LogP contribution in [-0.2, 0) is 5.41 Å². The number of hydrogen-bond donors (Lipinski definition) is 0. The van der Waals surface area contributed by atoms with Gasteiger partial charge in [-0.2, -0.15) is 0 Å². The number of likely N-dealkylation sites (N-methyl/N-ethyl adjacent to an activating group) is 1. The van der Waals surface area contributed by atoms with Crippen molar-refractivity contribution >= 4 is 5.69 Å². The second-order valence-corrected chi connectivity index (χ2v) is 5.67. The fraction of sp³-hybridized carbons (Fsp3) is 0.600. The van der Waals surface area contributed by atoms with Crippen molar-refractivity contribution in [1.29, 1.82) is 0 Å². The molecule has 1 heterocycles.